The Balaban J connectivity index is 1.54. The van der Waals surface area contributed by atoms with Crippen molar-refractivity contribution >= 4 is 33.1 Å². The summed E-state index contributed by atoms with van der Waals surface area (Å²) < 4.78 is 2.52. The van der Waals surface area contributed by atoms with Gasteiger partial charge in [0, 0.05) is 21.9 Å². The van der Waals surface area contributed by atoms with Crippen LogP contribution in [-0.2, 0) is 5.41 Å². The molecule has 4 aromatic rings. The minimum atomic E-state index is -0.0141. The average molecular weight is 483 g/mol. The zero-order valence-electron chi connectivity index (χ0n) is 22.0. The summed E-state index contributed by atoms with van der Waals surface area (Å²) in [7, 11) is 0. The topological polar surface area (TPSA) is 30.9 Å². The molecule has 184 valence electrons. The van der Waals surface area contributed by atoms with Crippen molar-refractivity contribution in [1.29, 1.82) is 0 Å². The van der Waals surface area contributed by atoms with Gasteiger partial charge in [-0.2, -0.15) is 0 Å². The van der Waals surface area contributed by atoms with E-state index in [0.29, 0.717) is 18.4 Å². The fourth-order valence-corrected chi connectivity index (χ4v) is 6.79. The van der Waals surface area contributed by atoms with Crippen LogP contribution in [0, 0.1) is 11.8 Å². The van der Waals surface area contributed by atoms with E-state index in [1.807, 2.05) is 0 Å². The minimum Gasteiger partial charge on any atom is -0.330 e. The van der Waals surface area contributed by atoms with Gasteiger partial charge >= 0.3 is 0 Å². The third-order valence-electron chi connectivity index (χ3n) is 8.81. The van der Waals surface area contributed by atoms with Crippen LogP contribution in [-0.4, -0.2) is 11.1 Å². The lowest BCUT2D eigenvalue weighted by atomic mass is 9.82. The van der Waals surface area contributed by atoms with E-state index in [2.05, 4.69) is 116 Å². The van der Waals surface area contributed by atoms with E-state index in [4.69, 9.17) is 5.73 Å². The summed E-state index contributed by atoms with van der Waals surface area (Å²) in [5, 5.41) is 2.66. The molecule has 0 radical (unpaired) electrons. The smallest absolute Gasteiger partial charge is 0.0544 e. The third kappa shape index (κ3) is 3.35. The summed E-state index contributed by atoms with van der Waals surface area (Å²) in [6, 6.07) is 20.9. The fraction of sp³-hybridized carbons (Fsp3) is 0.257. The van der Waals surface area contributed by atoms with E-state index in [9.17, 15) is 0 Å². The summed E-state index contributed by atoms with van der Waals surface area (Å²) >= 11 is 0. The lowest BCUT2D eigenvalue weighted by Gasteiger charge is -2.22. The Morgan fingerprint density at radius 1 is 0.946 bits per heavy atom. The van der Waals surface area contributed by atoms with E-state index < -0.39 is 0 Å². The van der Waals surface area contributed by atoms with Crippen LogP contribution in [0.25, 0.3) is 44.2 Å². The first kappa shape index (κ1) is 22.6. The molecule has 0 aliphatic heterocycles. The second-order valence-electron chi connectivity index (χ2n) is 11.6. The number of rotatable bonds is 3. The number of aromatic nitrogens is 1. The average Bonchev–Trinajstić information content (AvgIpc) is 3.36. The lowest BCUT2D eigenvalue weighted by Crippen LogP contribution is -2.16. The van der Waals surface area contributed by atoms with Gasteiger partial charge in [-0.25, -0.2) is 0 Å². The van der Waals surface area contributed by atoms with Gasteiger partial charge in [-0.1, -0.05) is 87.5 Å². The van der Waals surface area contributed by atoms with Crippen LogP contribution < -0.4 is 5.73 Å². The van der Waals surface area contributed by atoms with Gasteiger partial charge in [-0.15, -0.1) is 0 Å². The van der Waals surface area contributed by atoms with E-state index in [-0.39, 0.29) is 5.41 Å². The predicted molar refractivity (Wildman–Crippen MR) is 158 cm³/mol. The van der Waals surface area contributed by atoms with Crippen LogP contribution in [0.5, 0.6) is 0 Å². The van der Waals surface area contributed by atoms with Crippen LogP contribution in [0.3, 0.4) is 0 Å². The molecule has 3 aromatic carbocycles. The first-order valence-corrected chi connectivity index (χ1v) is 13.6. The zero-order valence-corrected chi connectivity index (χ0v) is 22.0. The quantitative estimate of drug-likeness (QED) is 0.312. The number of hydrogen-bond donors (Lipinski definition) is 1. The maximum absolute atomic E-state index is 6.13. The molecule has 1 heterocycles. The zero-order chi connectivity index (χ0) is 25.3. The number of fused-ring (bicyclic) bond motifs is 6. The molecule has 0 spiro atoms. The van der Waals surface area contributed by atoms with Gasteiger partial charge < -0.3 is 10.3 Å². The van der Waals surface area contributed by atoms with E-state index in [1.165, 1.54) is 60.9 Å². The molecule has 2 unspecified atom stereocenters. The maximum atomic E-state index is 6.13. The molecule has 3 aliphatic carbocycles. The summed E-state index contributed by atoms with van der Waals surface area (Å²) in [4.78, 5) is 0. The monoisotopic (exact) mass is 482 g/mol. The predicted octanol–water partition coefficient (Wildman–Crippen LogP) is 8.46. The van der Waals surface area contributed by atoms with Crippen LogP contribution in [0.2, 0.25) is 0 Å². The van der Waals surface area contributed by atoms with Crippen LogP contribution in [0.15, 0.2) is 91.1 Å². The normalized spacial score (nSPS) is 21.7. The molecule has 37 heavy (non-hydrogen) atoms. The molecule has 2 atom stereocenters. The van der Waals surface area contributed by atoms with E-state index in [0.717, 1.165) is 12.8 Å². The molecule has 1 aromatic heterocycles. The molecule has 2 nitrogen and oxygen atoms in total. The number of hydrogen-bond acceptors (Lipinski definition) is 1. The Labute approximate surface area is 219 Å². The van der Waals surface area contributed by atoms with Crippen LogP contribution in [0.4, 0.5) is 0 Å². The number of nitrogens with zero attached hydrogens (tertiary/aromatic N) is 1. The molecule has 0 saturated heterocycles. The van der Waals surface area contributed by atoms with Crippen LogP contribution >= 0.6 is 0 Å². The van der Waals surface area contributed by atoms with Gasteiger partial charge in [0.05, 0.1) is 11.0 Å². The highest BCUT2D eigenvalue weighted by molar-refractivity contribution is 6.13. The highest BCUT2D eigenvalue weighted by Gasteiger charge is 2.36. The van der Waals surface area contributed by atoms with Gasteiger partial charge in [-0.05, 0) is 88.9 Å². The van der Waals surface area contributed by atoms with Gasteiger partial charge in [0.25, 0.3) is 0 Å². The molecule has 2 N–H and O–H groups in total. The van der Waals surface area contributed by atoms with Crippen molar-refractivity contribution in [2.45, 2.75) is 39.0 Å². The maximum Gasteiger partial charge on any atom is 0.0544 e. The third-order valence-corrected chi connectivity index (χ3v) is 8.81. The second-order valence-corrected chi connectivity index (χ2v) is 11.6. The number of benzene rings is 3. The van der Waals surface area contributed by atoms with Crippen molar-refractivity contribution < 1.29 is 0 Å². The summed E-state index contributed by atoms with van der Waals surface area (Å²) in [6.45, 7) is 7.70. The summed E-state index contributed by atoms with van der Waals surface area (Å²) in [5.74, 6) is 0.943. The van der Waals surface area contributed by atoms with Crippen molar-refractivity contribution in [3.63, 3.8) is 0 Å². The molecular weight excluding hydrogens is 448 g/mol. The van der Waals surface area contributed by atoms with E-state index in [1.54, 1.807) is 0 Å². The second kappa shape index (κ2) is 8.19. The molecule has 0 saturated carbocycles. The molecular formula is C35H34N2. The summed E-state index contributed by atoms with van der Waals surface area (Å²) in [5.41, 5.74) is 18.2. The molecule has 2 heteroatoms. The standard InChI is InChI=1S/C35H34N2/c1-22-8-6-10-24(16-22)25-14-15-28-30-19-32-29(27-12-4-5-13-31(27)35(32,2)3)20-34(30)37(33(28)18-25)26-11-7-9-23(17-26)21-36/h4-7,9-16,18-20,22-23H,8,17,21,36H2,1-3H3. The fourth-order valence-electron chi connectivity index (χ4n) is 6.79. The Kier molecular flexibility index (Phi) is 5.00. The van der Waals surface area contributed by atoms with Crippen molar-refractivity contribution in [2.75, 3.05) is 6.54 Å². The lowest BCUT2D eigenvalue weighted by molar-refractivity contribution is 0.661. The highest BCUT2D eigenvalue weighted by Crippen LogP contribution is 2.51. The van der Waals surface area contributed by atoms with Gasteiger partial charge in [0.2, 0.25) is 0 Å². The molecule has 0 amide bonds. The molecule has 0 bridgehead atoms. The van der Waals surface area contributed by atoms with Crippen molar-refractivity contribution in [1.82, 2.24) is 4.57 Å². The van der Waals surface area contributed by atoms with Crippen molar-refractivity contribution in [3.8, 4) is 11.1 Å². The first-order chi connectivity index (χ1) is 18.0. The Morgan fingerprint density at radius 3 is 2.62 bits per heavy atom. The van der Waals surface area contributed by atoms with Gasteiger partial charge in [0.1, 0.15) is 0 Å². The highest BCUT2D eigenvalue weighted by atomic mass is 15.0. The van der Waals surface area contributed by atoms with Gasteiger partial charge in [0.15, 0.2) is 0 Å². The molecule has 0 fully saturated rings. The number of nitrogens with two attached hydrogens (primary N) is 1. The summed E-state index contributed by atoms with van der Waals surface area (Å²) in [6.07, 6.45) is 15.8. The van der Waals surface area contributed by atoms with Crippen LogP contribution in [0.1, 0.15) is 50.3 Å². The largest absolute Gasteiger partial charge is 0.330 e. The molecule has 7 rings (SSSR count). The van der Waals surface area contributed by atoms with Crippen molar-refractivity contribution in [3.05, 3.63) is 108 Å². The first-order valence-electron chi connectivity index (χ1n) is 13.6. The van der Waals surface area contributed by atoms with Crippen molar-refractivity contribution in [2.24, 2.45) is 17.6 Å². The number of allylic oxidation sites excluding steroid dienone is 7. The van der Waals surface area contributed by atoms with E-state index >= 15 is 0 Å². The Hall–Kier alpha value is -3.62. The Bertz CT molecular complexity index is 1700. The molecule has 3 aliphatic rings. The Morgan fingerprint density at radius 2 is 1.78 bits per heavy atom. The van der Waals surface area contributed by atoms with Gasteiger partial charge in [-0.3, -0.25) is 0 Å². The minimum absolute atomic E-state index is 0.0141. The SMILES string of the molecule is CC1C=C(c2ccc3c4cc5c(cc4n(C4=CC=CC(CN)C4)c3c2)-c2ccccc2C5(C)C)C=CC1.